The van der Waals surface area contributed by atoms with Gasteiger partial charge in [0.05, 0.1) is 43.7 Å². The molecular formula is C44H60O7. The zero-order valence-electron chi connectivity index (χ0n) is 31.3. The van der Waals surface area contributed by atoms with Gasteiger partial charge in [0.15, 0.2) is 0 Å². The van der Waals surface area contributed by atoms with Crippen molar-refractivity contribution < 1.29 is 33.3 Å². The van der Waals surface area contributed by atoms with Crippen LogP contribution in [0.5, 0.6) is 11.5 Å². The van der Waals surface area contributed by atoms with Crippen molar-refractivity contribution in [2.24, 2.45) is 5.41 Å². The summed E-state index contributed by atoms with van der Waals surface area (Å²) >= 11 is 0. The second kappa shape index (κ2) is 22.3. The number of esters is 2. The number of ether oxygens (including phenoxy) is 5. The van der Waals surface area contributed by atoms with Crippen LogP contribution >= 0.6 is 0 Å². The first-order chi connectivity index (χ1) is 24.8. The molecule has 0 aromatic heterocycles. The smallest absolute Gasteiger partial charge is 0.343 e. The molecular weight excluding hydrogens is 640 g/mol. The summed E-state index contributed by atoms with van der Waals surface area (Å²) in [6, 6.07) is 21.9. The van der Waals surface area contributed by atoms with E-state index in [1.807, 2.05) is 43.3 Å². The molecule has 0 bridgehead atoms. The fraction of sp³-hybridized carbons (Fsp3) is 0.545. The van der Waals surface area contributed by atoms with Crippen LogP contribution in [0.1, 0.15) is 131 Å². The van der Waals surface area contributed by atoms with Gasteiger partial charge in [-0.15, -0.1) is 0 Å². The lowest BCUT2D eigenvalue weighted by molar-refractivity contribution is -0.137. The number of carbonyl (C=O) groups excluding carboxylic acids is 2. The lowest BCUT2D eigenvalue weighted by Crippen LogP contribution is -2.43. The normalized spacial score (nSPS) is 14.0. The summed E-state index contributed by atoms with van der Waals surface area (Å²) in [4.78, 5) is 25.3. The van der Waals surface area contributed by atoms with Crippen molar-refractivity contribution in [1.82, 2.24) is 0 Å². The molecule has 3 aromatic rings. The van der Waals surface area contributed by atoms with Gasteiger partial charge in [-0.25, -0.2) is 9.59 Å². The largest absolute Gasteiger partial charge is 0.494 e. The molecule has 0 aliphatic carbocycles. The lowest BCUT2D eigenvalue weighted by atomic mass is 9.90. The van der Waals surface area contributed by atoms with Crippen LogP contribution in [0.25, 0.3) is 11.1 Å². The van der Waals surface area contributed by atoms with Gasteiger partial charge in [-0.05, 0) is 92.3 Å². The second-order valence-electron chi connectivity index (χ2n) is 14.5. The van der Waals surface area contributed by atoms with Gasteiger partial charge in [-0.2, -0.15) is 0 Å². The van der Waals surface area contributed by atoms with Crippen LogP contribution in [0.15, 0.2) is 72.8 Å². The molecule has 1 fully saturated rings. The molecule has 1 heterocycles. The van der Waals surface area contributed by atoms with E-state index < -0.39 is 5.97 Å². The van der Waals surface area contributed by atoms with E-state index >= 15 is 0 Å². The number of benzene rings is 3. The Morgan fingerprint density at radius 1 is 0.647 bits per heavy atom. The first-order valence-corrected chi connectivity index (χ1v) is 19.4. The third-order valence-corrected chi connectivity index (χ3v) is 9.43. The van der Waals surface area contributed by atoms with Crippen LogP contribution in [0.4, 0.5) is 0 Å². The number of carbonyl (C=O) groups is 2. The Labute approximate surface area is 306 Å². The van der Waals surface area contributed by atoms with E-state index in [-0.39, 0.29) is 17.5 Å². The molecule has 1 aliphatic rings. The molecule has 0 N–H and O–H groups in total. The molecule has 7 heteroatoms. The van der Waals surface area contributed by atoms with Gasteiger partial charge < -0.3 is 23.7 Å². The van der Waals surface area contributed by atoms with Gasteiger partial charge in [0, 0.05) is 12.0 Å². The highest BCUT2D eigenvalue weighted by molar-refractivity contribution is 5.92. The van der Waals surface area contributed by atoms with Crippen LogP contribution in [-0.2, 0) is 14.2 Å². The average molecular weight is 701 g/mol. The maximum atomic E-state index is 12.8. The van der Waals surface area contributed by atoms with Gasteiger partial charge >= 0.3 is 11.9 Å². The number of rotatable bonds is 25. The molecule has 51 heavy (non-hydrogen) atoms. The van der Waals surface area contributed by atoms with Crippen LogP contribution in [0.3, 0.4) is 0 Å². The summed E-state index contributed by atoms with van der Waals surface area (Å²) in [5, 5.41) is 0. The van der Waals surface area contributed by atoms with Crippen LogP contribution in [-0.4, -0.2) is 51.1 Å². The summed E-state index contributed by atoms with van der Waals surface area (Å²) in [6.45, 7) is 10.5. The zero-order chi connectivity index (χ0) is 36.2. The fourth-order valence-corrected chi connectivity index (χ4v) is 6.12. The third-order valence-electron chi connectivity index (χ3n) is 9.43. The van der Waals surface area contributed by atoms with E-state index in [2.05, 4.69) is 13.8 Å². The number of hydrogen-bond donors (Lipinski definition) is 0. The Kier molecular flexibility index (Phi) is 17.5. The molecule has 0 radical (unpaired) electrons. The maximum absolute atomic E-state index is 12.8. The summed E-state index contributed by atoms with van der Waals surface area (Å²) in [5.41, 5.74) is 3.20. The molecule has 3 aromatic carbocycles. The topological polar surface area (TPSA) is 80.3 Å². The van der Waals surface area contributed by atoms with E-state index in [4.69, 9.17) is 23.7 Å². The van der Waals surface area contributed by atoms with Gasteiger partial charge in [-0.3, -0.25) is 0 Å². The Bertz CT molecular complexity index is 1410. The van der Waals surface area contributed by atoms with Gasteiger partial charge in [0.1, 0.15) is 11.5 Å². The van der Waals surface area contributed by atoms with Gasteiger partial charge in [0.2, 0.25) is 0 Å². The first-order valence-electron chi connectivity index (χ1n) is 19.4. The zero-order valence-corrected chi connectivity index (χ0v) is 31.3. The average Bonchev–Trinajstić information content (AvgIpc) is 3.13. The summed E-state index contributed by atoms with van der Waals surface area (Å²) in [7, 11) is 0. The van der Waals surface area contributed by atoms with E-state index in [0.29, 0.717) is 16.9 Å². The Hall–Kier alpha value is -3.68. The van der Waals surface area contributed by atoms with Crippen molar-refractivity contribution in [3.8, 4) is 22.6 Å². The molecule has 278 valence electrons. The van der Waals surface area contributed by atoms with Crippen LogP contribution in [0, 0.1) is 5.41 Å². The summed E-state index contributed by atoms with van der Waals surface area (Å²) in [5.74, 6) is 0.423. The molecule has 1 aliphatic heterocycles. The van der Waals surface area contributed by atoms with Crippen molar-refractivity contribution in [1.29, 1.82) is 0 Å². The molecule has 0 spiro atoms. The quantitative estimate of drug-likeness (QED) is 0.0494. The van der Waals surface area contributed by atoms with Crippen LogP contribution in [0.2, 0.25) is 0 Å². The molecule has 0 unspecified atom stereocenters. The van der Waals surface area contributed by atoms with Crippen LogP contribution < -0.4 is 9.47 Å². The Morgan fingerprint density at radius 3 is 1.75 bits per heavy atom. The Balaban J connectivity index is 1.05. The van der Waals surface area contributed by atoms with Gasteiger partial charge in [-0.1, -0.05) is 102 Å². The van der Waals surface area contributed by atoms with E-state index in [0.717, 1.165) is 82.0 Å². The first kappa shape index (κ1) is 40.1. The molecule has 4 rings (SSSR count). The van der Waals surface area contributed by atoms with Crippen molar-refractivity contribution in [2.45, 2.75) is 117 Å². The SMILES string of the molecule is CCCCCC[C@@H](C)OC(=O)c1ccc(OC(=O)c2ccc(-c3ccc(OCCCCCCCCCCCOCC4(C)COC4)cc3)cc2)cc1. The molecule has 1 saturated heterocycles. The molecule has 0 saturated carbocycles. The summed E-state index contributed by atoms with van der Waals surface area (Å²) < 4.78 is 28.2. The fourth-order valence-electron chi connectivity index (χ4n) is 6.12. The highest BCUT2D eigenvalue weighted by Gasteiger charge is 2.33. The van der Waals surface area contributed by atoms with E-state index in [1.165, 1.54) is 57.8 Å². The van der Waals surface area contributed by atoms with Crippen molar-refractivity contribution >= 4 is 11.9 Å². The molecule has 7 nitrogen and oxygen atoms in total. The maximum Gasteiger partial charge on any atom is 0.343 e. The second-order valence-corrected chi connectivity index (χ2v) is 14.5. The van der Waals surface area contributed by atoms with Crippen molar-refractivity contribution in [2.75, 3.05) is 33.0 Å². The minimum absolute atomic E-state index is 0.129. The molecule has 0 amide bonds. The standard InChI is InChI=1S/C44H60O7/c1-4-5-6-14-17-35(2)50-42(45)39-24-28-41(29-25-39)51-43(46)38-20-18-36(19-21-38)37-22-26-40(27-23-37)49-31-16-13-11-9-7-8-10-12-15-30-47-32-44(3)33-48-34-44/h18-29,35H,4-17,30-34H2,1-3H3/t35-/m1/s1. The Morgan fingerprint density at radius 2 is 1.16 bits per heavy atom. The van der Waals surface area contributed by atoms with E-state index in [9.17, 15) is 9.59 Å². The lowest BCUT2D eigenvalue weighted by Gasteiger charge is -2.37. The minimum atomic E-state index is -0.455. The monoisotopic (exact) mass is 700 g/mol. The van der Waals surface area contributed by atoms with Gasteiger partial charge in [0.25, 0.3) is 0 Å². The number of unbranched alkanes of at least 4 members (excludes halogenated alkanes) is 11. The summed E-state index contributed by atoms with van der Waals surface area (Å²) in [6.07, 6.45) is 16.5. The van der Waals surface area contributed by atoms with Crippen molar-refractivity contribution in [3.05, 3.63) is 83.9 Å². The number of hydrogen-bond acceptors (Lipinski definition) is 7. The minimum Gasteiger partial charge on any atom is -0.494 e. The highest BCUT2D eigenvalue weighted by Crippen LogP contribution is 2.27. The van der Waals surface area contributed by atoms with E-state index in [1.54, 1.807) is 36.4 Å². The molecule has 1 atom stereocenters. The third kappa shape index (κ3) is 14.8. The highest BCUT2D eigenvalue weighted by atomic mass is 16.5. The predicted molar refractivity (Wildman–Crippen MR) is 204 cm³/mol. The predicted octanol–water partition coefficient (Wildman–Crippen LogP) is 11.0. The van der Waals surface area contributed by atoms with Crippen molar-refractivity contribution in [3.63, 3.8) is 0 Å².